The fraction of sp³-hybridized carbons (Fsp3) is 0.125. The first-order chi connectivity index (χ1) is 12.7. The summed E-state index contributed by atoms with van der Waals surface area (Å²) in [5.74, 6) is 9.03. The first kappa shape index (κ1) is 16.6. The summed E-state index contributed by atoms with van der Waals surface area (Å²) in [6.07, 6.45) is 0. The van der Waals surface area contributed by atoms with Gasteiger partial charge >= 0.3 is 0 Å². The quantitative estimate of drug-likeness (QED) is 0.398. The van der Waals surface area contributed by atoms with E-state index in [0.29, 0.717) is 28.4 Å². The largest absolute Gasteiger partial charge is 0.497 e. The van der Waals surface area contributed by atoms with Crippen LogP contribution in [-0.4, -0.2) is 32.1 Å². The standard InChI is InChI=1S/C16H14N6O2S2/c1-23-12-4-2-10(3-5-12)14-19-20-16(22(14)17)26-9-13-18-15(24-21-13)11-6-7-25-8-11/h2-8H,9,17H2,1H3. The van der Waals surface area contributed by atoms with Crippen molar-refractivity contribution < 1.29 is 9.26 Å². The minimum Gasteiger partial charge on any atom is -0.497 e. The number of hydrogen-bond acceptors (Lipinski definition) is 9. The summed E-state index contributed by atoms with van der Waals surface area (Å²) in [4.78, 5) is 4.38. The number of thiophene rings is 1. The monoisotopic (exact) mass is 386 g/mol. The molecule has 3 heterocycles. The number of nitrogens with zero attached hydrogens (tertiary/aromatic N) is 5. The van der Waals surface area contributed by atoms with Crippen molar-refractivity contribution in [2.24, 2.45) is 0 Å². The van der Waals surface area contributed by atoms with Gasteiger partial charge in [-0.3, -0.25) is 0 Å². The highest BCUT2D eigenvalue weighted by molar-refractivity contribution is 7.98. The summed E-state index contributed by atoms with van der Waals surface area (Å²) in [5.41, 5.74) is 1.77. The van der Waals surface area contributed by atoms with Crippen molar-refractivity contribution in [1.29, 1.82) is 0 Å². The predicted molar refractivity (Wildman–Crippen MR) is 99.3 cm³/mol. The van der Waals surface area contributed by atoms with Gasteiger partial charge in [0.1, 0.15) is 5.75 Å². The molecule has 0 aliphatic rings. The minimum absolute atomic E-state index is 0.478. The number of nitrogens with two attached hydrogens (primary N) is 1. The van der Waals surface area contributed by atoms with Crippen molar-refractivity contribution in [3.63, 3.8) is 0 Å². The molecule has 4 rings (SSSR count). The van der Waals surface area contributed by atoms with Gasteiger partial charge in [-0.05, 0) is 35.7 Å². The zero-order chi connectivity index (χ0) is 17.9. The molecule has 3 aromatic heterocycles. The van der Waals surface area contributed by atoms with Crippen LogP contribution in [0.1, 0.15) is 5.82 Å². The molecule has 0 radical (unpaired) electrons. The Kier molecular flexibility index (Phi) is 4.59. The van der Waals surface area contributed by atoms with Crippen molar-refractivity contribution >= 4 is 23.1 Å². The molecule has 2 N–H and O–H groups in total. The Morgan fingerprint density at radius 3 is 2.77 bits per heavy atom. The fourth-order valence-electron chi connectivity index (χ4n) is 2.26. The maximum atomic E-state index is 6.13. The van der Waals surface area contributed by atoms with Gasteiger partial charge in [-0.2, -0.15) is 16.3 Å². The number of benzene rings is 1. The Labute approximate surface area is 157 Å². The first-order valence-corrected chi connectivity index (χ1v) is 9.50. The van der Waals surface area contributed by atoms with E-state index in [9.17, 15) is 0 Å². The number of nitrogen functional groups attached to an aromatic ring is 1. The highest BCUT2D eigenvalue weighted by atomic mass is 32.2. The van der Waals surface area contributed by atoms with Crippen LogP contribution < -0.4 is 10.6 Å². The van der Waals surface area contributed by atoms with Crippen molar-refractivity contribution in [3.8, 4) is 28.6 Å². The van der Waals surface area contributed by atoms with E-state index in [0.717, 1.165) is 16.9 Å². The summed E-state index contributed by atoms with van der Waals surface area (Å²) in [5, 5.41) is 16.8. The SMILES string of the molecule is COc1ccc(-c2nnc(SCc3noc(-c4ccsc4)n3)n2N)cc1. The second kappa shape index (κ2) is 7.18. The minimum atomic E-state index is 0.478. The van der Waals surface area contributed by atoms with Crippen molar-refractivity contribution in [1.82, 2.24) is 25.0 Å². The normalized spacial score (nSPS) is 11.0. The van der Waals surface area contributed by atoms with Gasteiger partial charge in [0.2, 0.25) is 5.16 Å². The molecule has 0 fully saturated rings. The molecule has 0 bridgehead atoms. The average Bonchev–Trinajstić information content (AvgIpc) is 3.41. The van der Waals surface area contributed by atoms with Crippen LogP contribution in [0, 0.1) is 0 Å². The van der Waals surface area contributed by atoms with Crippen LogP contribution in [0.15, 0.2) is 50.8 Å². The molecule has 8 nitrogen and oxygen atoms in total. The molecule has 26 heavy (non-hydrogen) atoms. The van der Waals surface area contributed by atoms with Crippen LogP contribution in [0.2, 0.25) is 0 Å². The molecule has 0 unspecified atom stereocenters. The molecule has 0 aliphatic heterocycles. The van der Waals surface area contributed by atoms with Gasteiger partial charge < -0.3 is 15.1 Å². The number of methoxy groups -OCH3 is 1. The van der Waals surface area contributed by atoms with E-state index in [4.69, 9.17) is 15.1 Å². The maximum Gasteiger partial charge on any atom is 0.258 e. The molecular formula is C16H14N6O2S2. The van der Waals surface area contributed by atoms with Crippen LogP contribution in [0.3, 0.4) is 0 Å². The summed E-state index contributed by atoms with van der Waals surface area (Å²) in [6.45, 7) is 0. The molecule has 132 valence electrons. The highest BCUT2D eigenvalue weighted by Crippen LogP contribution is 2.26. The van der Waals surface area contributed by atoms with E-state index in [1.54, 1.807) is 18.4 Å². The van der Waals surface area contributed by atoms with Gasteiger partial charge in [0.25, 0.3) is 5.89 Å². The molecule has 0 atom stereocenters. The molecular weight excluding hydrogens is 372 g/mol. The topological polar surface area (TPSA) is 105 Å². The summed E-state index contributed by atoms with van der Waals surface area (Å²) >= 11 is 2.97. The number of hydrogen-bond donors (Lipinski definition) is 1. The number of rotatable bonds is 6. The Morgan fingerprint density at radius 2 is 2.04 bits per heavy atom. The number of thioether (sulfide) groups is 1. The van der Waals surface area contributed by atoms with Crippen molar-refractivity contribution in [2.75, 3.05) is 13.0 Å². The lowest BCUT2D eigenvalue weighted by Gasteiger charge is -2.04. The van der Waals surface area contributed by atoms with E-state index in [-0.39, 0.29) is 0 Å². The van der Waals surface area contributed by atoms with Gasteiger partial charge in [0, 0.05) is 10.9 Å². The first-order valence-electron chi connectivity index (χ1n) is 7.57. The highest BCUT2D eigenvalue weighted by Gasteiger charge is 2.15. The van der Waals surface area contributed by atoms with Gasteiger partial charge in [-0.1, -0.05) is 16.9 Å². The molecule has 0 aliphatic carbocycles. The number of aromatic nitrogens is 5. The molecule has 10 heteroatoms. The van der Waals surface area contributed by atoms with Gasteiger partial charge in [0.15, 0.2) is 11.6 Å². The lowest BCUT2D eigenvalue weighted by molar-refractivity contribution is 0.415. The van der Waals surface area contributed by atoms with Crippen molar-refractivity contribution in [2.45, 2.75) is 10.9 Å². The smallest absolute Gasteiger partial charge is 0.258 e. The van der Waals surface area contributed by atoms with Crippen LogP contribution in [0.5, 0.6) is 5.75 Å². The zero-order valence-corrected chi connectivity index (χ0v) is 15.3. The molecule has 1 aromatic carbocycles. The average molecular weight is 386 g/mol. The predicted octanol–water partition coefficient (Wildman–Crippen LogP) is 3.07. The second-order valence-electron chi connectivity index (χ2n) is 5.22. The van der Waals surface area contributed by atoms with E-state index >= 15 is 0 Å². The number of ether oxygens (including phenoxy) is 1. The molecule has 0 saturated carbocycles. The van der Waals surface area contributed by atoms with E-state index in [1.807, 2.05) is 41.1 Å². The third-order valence-electron chi connectivity index (χ3n) is 3.58. The Balaban J connectivity index is 1.46. The summed E-state index contributed by atoms with van der Waals surface area (Å²) in [6, 6.07) is 9.40. The summed E-state index contributed by atoms with van der Waals surface area (Å²) in [7, 11) is 1.62. The lowest BCUT2D eigenvalue weighted by Crippen LogP contribution is -2.11. The fourth-order valence-corrected chi connectivity index (χ4v) is 3.59. The second-order valence-corrected chi connectivity index (χ2v) is 6.94. The van der Waals surface area contributed by atoms with E-state index in [1.165, 1.54) is 16.4 Å². The van der Waals surface area contributed by atoms with Crippen LogP contribution in [0.4, 0.5) is 0 Å². The van der Waals surface area contributed by atoms with Gasteiger partial charge in [-0.25, -0.2) is 4.68 Å². The molecule has 4 aromatic rings. The van der Waals surface area contributed by atoms with Gasteiger partial charge in [-0.15, -0.1) is 10.2 Å². The van der Waals surface area contributed by atoms with Crippen LogP contribution in [-0.2, 0) is 5.75 Å². The third kappa shape index (κ3) is 3.28. The Hall–Kier alpha value is -2.85. The maximum absolute atomic E-state index is 6.13. The van der Waals surface area contributed by atoms with Crippen LogP contribution in [0.25, 0.3) is 22.8 Å². The Morgan fingerprint density at radius 1 is 1.19 bits per heavy atom. The van der Waals surface area contributed by atoms with Gasteiger partial charge in [0.05, 0.1) is 18.4 Å². The Bertz CT molecular complexity index is 994. The molecule has 0 spiro atoms. The molecule has 0 amide bonds. The van der Waals surface area contributed by atoms with Crippen LogP contribution >= 0.6 is 23.1 Å². The van der Waals surface area contributed by atoms with Crippen molar-refractivity contribution in [3.05, 3.63) is 46.9 Å². The third-order valence-corrected chi connectivity index (χ3v) is 5.20. The zero-order valence-electron chi connectivity index (χ0n) is 13.7. The molecule has 0 saturated heterocycles. The van der Waals surface area contributed by atoms with E-state index < -0.39 is 0 Å². The van der Waals surface area contributed by atoms with E-state index in [2.05, 4.69) is 20.3 Å². The summed E-state index contributed by atoms with van der Waals surface area (Å²) < 4.78 is 11.9. The lowest BCUT2D eigenvalue weighted by atomic mass is 10.2.